The van der Waals surface area contributed by atoms with Crippen molar-refractivity contribution < 1.29 is 39.0 Å². The molecule has 2 rings (SSSR count). The van der Waals surface area contributed by atoms with Crippen LogP contribution >= 0.6 is 0 Å². The molecular formula is C33H42N2O8. The summed E-state index contributed by atoms with van der Waals surface area (Å²) < 4.78 is 0. The molecule has 0 heterocycles. The van der Waals surface area contributed by atoms with Gasteiger partial charge in [-0.3, -0.25) is 19.2 Å². The Kier molecular flexibility index (Phi) is 13.7. The van der Waals surface area contributed by atoms with Crippen LogP contribution in [-0.2, 0) is 32.0 Å². The highest BCUT2D eigenvalue weighted by atomic mass is 16.4. The Morgan fingerprint density at radius 1 is 0.605 bits per heavy atom. The van der Waals surface area contributed by atoms with Gasteiger partial charge in [0.1, 0.15) is 0 Å². The van der Waals surface area contributed by atoms with E-state index < -0.39 is 24.0 Å². The molecule has 2 unspecified atom stereocenters. The van der Waals surface area contributed by atoms with Crippen molar-refractivity contribution in [1.29, 1.82) is 0 Å². The van der Waals surface area contributed by atoms with Crippen molar-refractivity contribution in [2.75, 3.05) is 0 Å². The summed E-state index contributed by atoms with van der Waals surface area (Å²) in [6, 6.07) is 10.5. The van der Waals surface area contributed by atoms with E-state index in [0.717, 1.165) is 0 Å². The number of ketones is 2. The van der Waals surface area contributed by atoms with Crippen LogP contribution in [0, 0.1) is 11.8 Å². The van der Waals surface area contributed by atoms with Crippen molar-refractivity contribution >= 4 is 35.3 Å². The summed E-state index contributed by atoms with van der Waals surface area (Å²) in [7, 11) is 0. The van der Waals surface area contributed by atoms with Crippen LogP contribution in [0.15, 0.2) is 48.5 Å². The molecular weight excluding hydrogens is 552 g/mol. The first-order chi connectivity index (χ1) is 20.4. The Morgan fingerprint density at radius 2 is 0.930 bits per heavy atom. The smallest absolute Gasteiger partial charge is 0.335 e. The van der Waals surface area contributed by atoms with Crippen molar-refractivity contribution in [2.45, 2.75) is 84.7 Å². The second kappa shape index (κ2) is 16.9. The number of carboxylic acid groups (broad SMARTS) is 2. The predicted octanol–water partition coefficient (Wildman–Crippen LogP) is 4.24. The van der Waals surface area contributed by atoms with Crippen LogP contribution in [0.25, 0.3) is 0 Å². The lowest BCUT2D eigenvalue weighted by Crippen LogP contribution is -2.46. The van der Waals surface area contributed by atoms with Gasteiger partial charge in [-0.05, 0) is 53.6 Å². The van der Waals surface area contributed by atoms with Crippen LogP contribution in [0.1, 0.15) is 91.6 Å². The number of carbonyl (C=O) groups is 6. The number of amides is 2. The van der Waals surface area contributed by atoms with E-state index in [4.69, 9.17) is 10.2 Å². The Labute approximate surface area is 252 Å². The number of carbonyl (C=O) groups excluding carboxylic acids is 4. The number of Topliss-reactive ketones (excluding diaryl/α,β-unsaturated/α-hetero) is 2. The summed E-state index contributed by atoms with van der Waals surface area (Å²) in [5.41, 5.74) is 1.49. The molecule has 2 amide bonds. The quantitative estimate of drug-likeness (QED) is 0.199. The lowest BCUT2D eigenvalue weighted by atomic mass is 9.90. The lowest BCUT2D eigenvalue weighted by molar-refractivity contribution is -0.130. The molecule has 0 radical (unpaired) electrons. The van der Waals surface area contributed by atoms with Gasteiger partial charge in [-0.2, -0.15) is 0 Å². The minimum atomic E-state index is -1.06. The topological polar surface area (TPSA) is 167 Å². The number of nitrogens with one attached hydrogen (secondary N) is 2. The minimum Gasteiger partial charge on any atom is -0.478 e. The van der Waals surface area contributed by atoms with Gasteiger partial charge >= 0.3 is 11.9 Å². The SMILES string of the molecule is CCC(C)[C@H](NC(=O)Cc1ccc(C(=O)O)cc1)C(=O)CCCC(=O)[C@@H](NC(=O)Cc1ccc(C(=O)O)cc1)C(C)CC. The minimum absolute atomic E-state index is 0.00140. The number of hydrogen-bond donors (Lipinski definition) is 4. The lowest BCUT2D eigenvalue weighted by Gasteiger charge is -2.24. The van der Waals surface area contributed by atoms with E-state index in [9.17, 15) is 28.8 Å². The molecule has 2 aromatic carbocycles. The first-order valence-electron chi connectivity index (χ1n) is 14.6. The van der Waals surface area contributed by atoms with E-state index in [1.807, 2.05) is 27.7 Å². The van der Waals surface area contributed by atoms with Crippen LogP contribution in [0.2, 0.25) is 0 Å². The molecule has 232 valence electrons. The summed E-state index contributed by atoms with van der Waals surface area (Å²) in [5.74, 6) is -3.42. The third kappa shape index (κ3) is 11.1. The summed E-state index contributed by atoms with van der Waals surface area (Å²) in [4.78, 5) is 73.8. The standard InChI is InChI=1S/C33H42N2O8/c1-5-20(3)30(34-28(38)18-22-10-14-24(15-11-22)32(40)41)26(36)8-7-9-27(37)31(21(4)6-2)35-29(39)19-23-12-16-25(17-13-23)33(42)43/h10-17,20-21,30-31H,5-9,18-19H2,1-4H3,(H,34,38)(H,35,39)(H,40,41)(H,42,43)/t20?,21?,30-,31-/m0/s1. The zero-order chi connectivity index (χ0) is 32.1. The van der Waals surface area contributed by atoms with Crippen molar-refractivity contribution in [3.05, 3.63) is 70.8 Å². The average molecular weight is 595 g/mol. The molecule has 10 heteroatoms. The fourth-order valence-corrected chi connectivity index (χ4v) is 4.65. The summed E-state index contributed by atoms with van der Waals surface area (Å²) in [6.45, 7) is 7.59. The molecule has 4 N–H and O–H groups in total. The molecule has 0 bridgehead atoms. The highest BCUT2D eigenvalue weighted by Crippen LogP contribution is 2.16. The van der Waals surface area contributed by atoms with Crippen molar-refractivity contribution in [3.8, 4) is 0 Å². The van der Waals surface area contributed by atoms with Crippen LogP contribution in [0.3, 0.4) is 0 Å². The second-order valence-corrected chi connectivity index (χ2v) is 11.0. The van der Waals surface area contributed by atoms with E-state index in [1.54, 1.807) is 24.3 Å². The molecule has 0 saturated carbocycles. The molecule has 43 heavy (non-hydrogen) atoms. The fraction of sp³-hybridized carbons (Fsp3) is 0.455. The fourth-order valence-electron chi connectivity index (χ4n) is 4.65. The average Bonchev–Trinajstić information content (AvgIpc) is 2.98. The largest absolute Gasteiger partial charge is 0.478 e. The zero-order valence-electron chi connectivity index (χ0n) is 25.2. The van der Waals surface area contributed by atoms with Crippen LogP contribution < -0.4 is 10.6 Å². The Morgan fingerprint density at radius 3 is 1.21 bits per heavy atom. The molecule has 0 aliphatic rings. The Hall–Kier alpha value is -4.34. The number of benzene rings is 2. The first kappa shape index (κ1) is 34.9. The van der Waals surface area contributed by atoms with Gasteiger partial charge in [0, 0.05) is 12.8 Å². The van der Waals surface area contributed by atoms with Crippen LogP contribution in [0.5, 0.6) is 0 Å². The highest BCUT2D eigenvalue weighted by molar-refractivity contribution is 5.92. The van der Waals surface area contributed by atoms with Gasteiger partial charge in [0.15, 0.2) is 11.6 Å². The van der Waals surface area contributed by atoms with E-state index in [1.165, 1.54) is 24.3 Å². The van der Waals surface area contributed by atoms with E-state index >= 15 is 0 Å². The van der Waals surface area contributed by atoms with Gasteiger partial charge in [0.2, 0.25) is 11.8 Å². The monoisotopic (exact) mass is 594 g/mol. The molecule has 0 saturated heterocycles. The van der Waals surface area contributed by atoms with Gasteiger partial charge in [-0.1, -0.05) is 64.8 Å². The predicted molar refractivity (Wildman–Crippen MR) is 161 cm³/mol. The van der Waals surface area contributed by atoms with Gasteiger partial charge in [-0.15, -0.1) is 0 Å². The zero-order valence-corrected chi connectivity index (χ0v) is 25.2. The molecule has 0 fully saturated rings. The number of hydrogen-bond acceptors (Lipinski definition) is 6. The maximum Gasteiger partial charge on any atom is 0.335 e. The summed E-state index contributed by atoms with van der Waals surface area (Å²) >= 11 is 0. The molecule has 0 spiro atoms. The molecule has 0 aromatic heterocycles. The Balaban J connectivity index is 1.95. The van der Waals surface area contributed by atoms with Crippen LogP contribution in [0.4, 0.5) is 0 Å². The van der Waals surface area contributed by atoms with E-state index in [-0.39, 0.29) is 78.4 Å². The third-order valence-electron chi connectivity index (χ3n) is 7.73. The maximum atomic E-state index is 13.1. The number of rotatable bonds is 18. The van der Waals surface area contributed by atoms with Gasteiger partial charge in [0.05, 0.1) is 36.1 Å². The molecule has 10 nitrogen and oxygen atoms in total. The Bertz CT molecular complexity index is 1190. The maximum absolute atomic E-state index is 13.1. The molecule has 0 aliphatic heterocycles. The second-order valence-electron chi connectivity index (χ2n) is 11.0. The normalized spacial score (nSPS) is 13.7. The van der Waals surface area contributed by atoms with Crippen molar-refractivity contribution in [2.24, 2.45) is 11.8 Å². The van der Waals surface area contributed by atoms with Gasteiger partial charge in [-0.25, -0.2) is 9.59 Å². The van der Waals surface area contributed by atoms with Crippen molar-refractivity contribution in [1.82, 2.24) is 10.6 Å². The van der Waals surface area contributed by atoms with Gasteiger partial charge in [0.25, 0.3) is 0 Å². The van der Waals surface area contributed by atoms with E-state index in [2.05, 4.69) is 10.6 Å². The molecule has 0 aliphatic carbocycles. The van der Waals surface area contributed by atoms with Crippen LogP contribution in [-0.4, -0.2) is 57.6 Å². The number of aromatic carboxylic acids is 2. The van der Waals surface area contributed by atoms with Crippen molar-refractivity contribution in [3.63, 3.8) is 0 Å². The molecule has 4 atom stereocenters. The molecule has 2 aromatic rings. The van der Waals surface area contributed by atoms with E-state index in [0.29, 0.717) is 24.0 Å². The number of carboxylic acids is 2. The van der Waals surface area contributed by atoms with Gasteiger partial charge < -0.3 is 20.8 Å². The first-order valence-corrected chi connectivity index (χ1v) is 14.6. The third-order valence-corrected chi connectivity index (χ3v) is 7.73. The summed E-state index contributed by atoms with van der Waals surface area (Å²) in [6.07, 6.45) is 1.76. The highest BCUT2D eigenvalue weighted by Gasteiger charge is 2.28. The summed E-state index contributed by atoms with van der Waals surface area (Å²) in [5, 5.41) is 23.7.